The van der Waals surface area contributed by atoms with Crippen LogP contribution in [0.5, 0.6) is 0 Å². The predicted octanol–water partition coefficient (Wildman–Crippen LogP) is 0.790. The van der Waals surface area contributed by atoms with Crippen LogP contribution in [0.15, 0.2) is 0 Å². The first-order chi connectivity index (χ1) is 5.68. The Hall–Kier alpha value is -0.120. The lowest BCUT2D eigenvalue weighted by Gasteiger charge is -2.30. The van der Waals surface area contributed by atoms with Crippen LogP contribution in [-0.4, -0.2) is 38.5 Å². The third-order valence-corrected chi connectivity index (χ3v) is 2.12. The molecule has 0 amide bonds. The highest BCUT2D eigenvalue weighted by Gasteiger charge is 2.34. The van der Waals surface area contributed by atoms with E-state index in [1.54, 1.807) is 7.11 Å². The summed E-state index contributed by atoms with van der Waals surface area (Å²) in [6.07, 6.45) is 1.05. The van der Waals surface area contributed by atoms with Gasteiger partial charge in [-0.05, 0) is 6.42 Å². The van der Waals surface area contributed by atoms with Crippen molar-refractivity contribution < 1.29 is 9.47 Å². The molecule has 1 atom stereocenters. The minimum atomic E-state index is 0.0723. The van der Waals surface area contributed by atoms with Crippen molar-refractivity contribution in [3.8, 4) is 0 Å². The summed E-state index contributed by atoms with van der Waals surface area (Å²) in [6, 6.07) is 0.488. The largest absolute Gasteiger partial charge is 0.383 e. The van der Waals surface area contributed by atoms with Gasteiger partial charge in [-0.1, -0.05) is 13.8 Å². The molecular weight excluding hydrogens is 154 g/mol. The fourth-order valence-corrected chi connectivity index (χ4v) is 1.77. The Morgan fingerprint density at radius 2 is 2.33 bits per heavy atom. The van der Waals surface area contributed by atoms with Gasteiger partial charge in [-0.25, -0.2) is 0 Å². The molecule has 0 aromatic carbocycles. The molecule has 72 valence electrons. The van der Waals surface area contributed by atoms with Crippen molar-refractivity contribution in [2.24, 2.45) is 0 Å². The third-order valence-electron chi connectivity index (χ3n) is 2.12. The van der Waals surface area contributed by atoms with Crippen molar-refractivity contribution in [3.63, 3.8) is 0 Å². The summed E-state index contributed by atoms with van der Waals surface area (Å²) in [5.74, 6) is 0. The van der Waals surface area contributed by atoms with Crippen molar-refractivity contribution in [2.75, 3.05) is 26.9 Å². The second-order valence-corrected chi connectivity index (χ2v) is 3.81. The molecule has 1 saturated heterocycles. The first-order valence-corrected chi connectivity index (χ1v) is 4.53. The molecule has 0 aromatic heterocycles. The SMILES string of the molecule is COC[C@]1(NC(C)C)CCOC1. The highest BCUT2D eigenvalue weighted by molar-refractivity contribution is 4.92. The third kappa shape index (κ3) is 2.44. The Morgan fingerprint density at radius 1 is 1.58 bits per heavy atom. The molecular formula is C9H19NO2. The van der Waals surface area contributed by atoms with Gasteiger partial charge in [-0.15, -0.1) is 0 Å². The molecule has 1 aliphatic heterocycles. The van der Waals surface area contributed by atoms with E-state index >= 15 is 0 Å². The number of ether oxygens (including phenoxy) is 2. The van der Waals surface area contributed by atoms with Crippen LogP contribution >= 0.6 is 0 Å². The summed E-state index contributed by atoms with van der Waals surface area (Å²) in [4.78, 5) is 0. The summed E-state index contributed by atoms with van der Waals surface area (Å²) in [5, 5.41) is 3.51. The van der Waals surface area contributed by atoms with Crippen LogP contribution in [0.2, 0.25) is 0 Å². The molecule has 0 aromatic rings. The molecule has 1 N–H and O–H groups in total. The molecule has 0 saturated carbocycles. The molecule has 0 unspecified atom stereocenters. The molecule has 1 aliphatic rings. The Bertz CT molecular complexity index is 130. The monoisotopic (exact) mass is 173 g/mol. The summed E-state index contributed by atoms with van der Waals surface area (Å²) < 4.78 is 10.6. The molecule has 0 aliphatic carbocycles. The van der Waals surface area contributed by atoms with E-state index in [1.807, 2.05) is 0 Å². The number of rotatable bonds is 4. The number of methoxy groups -OCH3 is 1. The van der Waals surface area contributed by atoms with Crippen molar-refractivity contribution in [3.05, 3.63) is 0 Å². The lowest BCUT2D eigenvalue weighted by molar-refractivity contribution is 0.0850. The minimum absolute atomic E-state index is 0.0723. The molecule has 3 nitrogen and oxygen atoms in total. The molecule has 1 heterocycles. The zero-order valence-electron chi connectivity index (χ0n) is 8.22. The Kier molecular flexibility index (Phi) is 3.50. The van der Waals surface area contributed by atoms with E-state index in [4.69, 9.17) is 9.47 Å². The number of nitrogens with one attached hydrogen (secondary N) is 1. The minimum Gasteiger partial charge on any atom is -0.383 e. The van der Waals surface area contributed by atoms with Gasteiger partial charge in [0.25, 0.3) is 0 Å². The van der Waals surface area contributed by atoms with E-state index in [0.717, 1.165) is 26.2 Å². The van der Waals surface area contributed by atoms with Gasteiger partial charge in [0.2, 0.25) is 0 Å². The van der Waals surface area contributed by atoms with E-state index in [1.165, 1.54) is 0 Å². The zero-order chi connectivity index (χ0) is 9.03. The molecule has 0 spiro atoms. The molecule has 12 heavy (non-hydrogen) atoms. The van der Waals surface area contributed by atoms with Gasteiger partial charge < -0.3 is 14.8 Å². The van der Waals surface area contributed by atoms with Crippen molar-refractivity contribution in [1.29, 1.82) is 0 Å². The second kappa shape index (κ2) is 4.21. The summed E-state index contributed by atoms with van der Waals surface area (Å²) in [5.41, 5.74) is 0.0723. The van der Waals surface area contributed by atoms with Crippen LogP contribution in [0, 0.1) is 0 Å². The maximum absolute atomic E-state index is 5.37. The van der Waals surface area contributed by atoms with E-state index < -0.39 is 0 Å². The van der Waals surface area contributed by atoms with E-state index in [0.29, 0.717) is 6.04 Å². The van der Waals surface area contributed by atoms with Gasteiger partial charge in [-0.3, -0.25) is 0 Å². The van der Waals surface area contributed by atoms with Gasteiger partial charge in [0, 0.05) is 19.8 Å². The maximum Gasteiger partial charge on any atom is 0.0677 e. The maximum atomic E-state index is 5.37. The standard InChI is InChI=1S/C9H19NO2/c1-8(2)10-9(6-11-3)4-5-12-7-9/h8,10H,4-7H2,1-3H3/t9-/m1/s1. The summed E-state index contributed by atoms with van der Waals surface area (Å²) in [7, 11) is 1.74. The smallest absolute Gasteiger partial charge is 0.0677 e. The lowest BCUT2D eigenvalue weighted by Crippen LogP contribution is -2.52. The average molecular weight is 173 g/mol. The van der Waals surface area contributed by atoms with Crippen molar-refractivity contribution in [2.45, 2.75) is 31.8 Å². The van der Waals surface area contributed by atoms with E-state index in [-0.39, 0.29) is 5.54 Å². The normalized spacial score (nSPS) is 30.0. The molecule has 0 bridgehead atoms. The van der Waals surface area contributed by atoms with E-state index in [9.17, 15) is 0 Å². The topological polar surface area (TPSA) is 30.5 Å². The lowest BCUT2D eigenvalue weighted by atomic mass is 9.99. The second-order valence-electron chi connectivity index (χ2n) is 3.81. The molecule has 1 fully saturated rings. The first-order valence-electron chi connectivity index (χ1n) is 4.53. The highest BCUT2D eigenvalue weighted by atomic mass is 16.5. The predicted molar refractivity (Wildman–Crippen MR) is 48.3 cm³/mol. The van der Waals surface area contributed by atoms with Gasteiger partial charge in [-0.2, -0.15) is 0 Å². The van der Waals surface area contributed by atoms with Gasteiger partial charge >= 0.3 is 0 Å². The van der Waals surface area contributed by atoms with E-state index in [2.05, 4.69) is 19.2 Å². The zero-order valence-corrected chi connectivity index (χ0v) is 8.22. The fraction of sp³-hybridized carbons (Fsp3) is 1.00. The van der Waals surface area contributed by atoms with Crippen molar-refractivity contribution in [1.82, 2.24) is 5.32 Å². The van der Waals surface area contributed by atoms with Crippen LogP contribution in [0.3, 0.4) is 0 Å². The van der Waals surface area contributed by atoms with Crippen LogP contribution in [0.1, 0.15) is 20.3 Å². The Labute approximate surface area is 74.4 Å². The van der Waals surface area contributed by atoms with Crippen molar-refractivity contribution >= 4 is 0 Å². The Morgan fingerprint density at radius 3 is 2.75 bits per heavy atom. The number of hydrogen-bond acceptors (Lipinski definition) is 3. The average Bonchev–Trinajstić information content (AvgIpc) is 2.36. The van der Waals surface area contributed by atoms with Crippen LogP contribution < -0.4 is 5.32 Å². The Balaban J connectivity index is 2.46. The van der Waals surface area contributed by atoms with Gasteiger partial charge in [0.1, 0.15) is 0 Å². The van der Waals surface area contributed by atoms with Crippen LogP contribution in [0.25, 0.3) is 0 Å². The number of hydrogen-bond donors (Lipinski definition) is 1. The highest BCUT2D eigenvalue weighted by Crippen LogP contribution is 2.19. The van der Waals surface area contributed by atoms with Crippen LogP contribution in [-0.2, 0) is 9.47 Å². The first kappa shape index (κ1) is 9.96. The fourth-order valence-electron chi connectivity index (χ4n) is 1.77. The van der Waals surface area contributed by atoms with Gasteiger partial charge in [0.05, 0.1) is 18.8 Å². The van der Waals surface area contributed by atoms with Gasteiger partial charge in [0.15, 0.2) is 0 Å². The molecule has 0 radical (unpaired) electrons. The molecule has 3 heteroatoms. The quantitative estimate of drug-likeness (QED) is 0.682. The van der Waals surface area contributed by atoms with Crippen LogP contribution in [0.4, 0.5) is 0 Å². The summed E-state index contributed by atoms with van der Waals surface area (Å²) in [6.45, 7) is 6.67. The molecule has 1 rings (SSSR count). The summed E-state index contributed by atoms with van der Waals surface area (Å²) >= 11 is 0.